The number of anilines is 1. The highest BCUT2D eigenvalue weighted by Crippen LogP contribution is 2.18. The highest BCUT2D eigenvalue weighted by atomic mass is 16.2. The van der Waals surface area contributed by atoms with Gasteiger partial charge in [0, 0.05) is 17.8 Å². The van der Waals surface area contributed by atoms with Crippen molar-refractivity contribution in [2.24, 2.45) is 0 Å². The van der Waals surface area contributed by atoms with Crippen molar-refractivity contribution < 1.29 is 4.79 Å². The fourth-order valence-corrected chi connectivity index (χ4v) is 2.34. The zero-order valence-electron chi connectivity index (χ0n) is 12.6. The van der Waals surface area contributed by atoms with Gasteiger partial charge in [0.2, 0.25) is 0 Å². The molecule has 2 nitrogen and oxygen atoms in total. The van der Waals surface area contributed by atoms with Gasteiger partial charge >= 0.3 is 0 Å². The molecule has 0 aliphatic heterocycles. The summed E-state index contributed by atoms with van der Waals surface area (Å²) >= 11 is 0. The second-order valence-corrected chi connectivity index (χ2v) is 5.14. The lowest BCUT2D eigenvalue weighted by molar-refractivity contribution is 0.0986. The first-order valence-corrected chi connectivity index (χ1v) is 7.66. The minimum absolute atomic E-state index is 0.0679. The van der Waals surface area contributed by atoms with Crippen molar-refractivity contribution in [3.05, 3.63) is 66.2 Å². The summed E-state index contributed by atoms with van der Waals surface area (Å²) in [6.45, 7) is 2.96. The number of rotatable bonds is 7. The van der Waals surface area contributed by atoms with Gasteiger partial charge in [0.1, 0.15) is 0 Å². The summed E-state index contributed by atoms with van der Waals surface area (Å²) in [5.41, 5.74) is 1.68. The number of carbonyl (C=O) groups is 1. The van der Waals surface area contributed by atoms with E-state index in [2.05, 4.69) is 13.0 Å². The standard InChI is InChI=1S/C19H22NO/c1-2-3-4-11-16-20(18-14-9-6-10-15-18)19(21)17-12-7-5-8-13-17/h5,7-10,12-15H,2-4,11,16H2,1H3. The number of nitrogens with zero attached hydrogens (tertiary/aromatic N) is 1. The van der Waals surface area contributed by atoms with Gasteiger partial charge in [-0.1, -0.05) is 56.5 Å². The van der Waals surface area contributed by atoms with E-state index in [0.29, 0.717) is 0 Å². The Bertz CT molecular complexity index is 536. The maximum atomic E-state index is 12.7. The Labute approximate surface area is 127 Å². The van der Waals surface area contributed by atoms with Gasteiger partial charge in [-0.25, -0.2) is 0 Å². The number of benzene rings is 2. The van der Waals surface area contributed by atoms with E-state index >= 15 is 0 Å². The first kappa shape index (κ1) is 15.3. The summed E-state index contributed by atoms with van der Waals surface area (Å²) in [6, 6.07) is 20.1. The van der Waals surface area contributed by atoms with Gasteiger partial charge in [0.05, 0.1) is 0 Å². The smallest absolute Gasteiger partial charge is 0.258 e. The molecule has 0 spiro atoms. The van der Waals surface area contributed by atoms with Crippen LogP contribution in [-0.2, 0) is 0 Å². The van der Waals surface area contributed by atoms with E-state index in [4.69, 9.17) is 0 Å². The lowest BCUT2D eigenvalue weighted by Gasteiger charge is -2.23. The lowest BCUT2D eigenvalue weighted by atomic mass is 10.1. The predicted molar refractivity (Wildman–Crippen MR) is 87.5 cm³/mol. The molecule has 0 aliphatic rings. The fourth-order valence-electron chi connectivity index (χ4n) is 2.34. The van der Waals surface area contributed by atoms with Crippen molar-refractivity contribution in [3.63, 3.8) is 0 Å². The van der Waals surface area contributed by atoms with Gasteiger partial charge in [-0.3, -0.25) is 4.79 Å². The molecule has 0 aromatic heterocycles. The quantitative estimate of drug-likeness (QED) is 0.672. The van der Waals surface area contributed by atoms with E-state index in [0.717, 1.165) is 30.6 Å². The average molecular weight is 280 g/mol. The summed E-state index contributed by atoms with van der Waals surface area (Å²) in [4.78, 5) is 14.6. The molecule has 0 fully saturated rings. The van der Waals surface area contributed by atoms with E-state index in [9.17, 15) is 4.79 Å². The zero-order valence-corrected chi connectivity index (χ0v) is 12.6. The van der Waals surface area contributed by atoms with Crippen molar-refractivity contribution in [1.29, 1.82) is 0 Å². The average Bonchev–Trinajstić information content (AvgIpc) is 2.56. The third-order valence-electron chi connectivity index (χ3n) is 3.51. The molecule has 109 valence electrons. The molecule has 2 heteroatoms. The summed E-state index contributed by atoms with van der Waals surface area (Å²) in [5.74, 6) is 0.0679. The van der Waals surface area contributed by atoms with Crippen LogP contribution in [0.4, 0.5) is 5.69 Å². The van der Waals surface area contributed by atoms with Gasteiger partial charge in [-0.2, -0.15) is 0 Å². The van der Waals surface area contributed by atoms with Crippen LogP contribution < -0.4 is 4.90 Å². The normalized spacial score (nSPS) is 10.3. The number of hydrogen-bond acceptors (Lipinski definition) is 1. The zero-order chi connectivity index (χ0) is 14.9. The molecular weight excluding hydrogens is 258 g/mol. The molecule has 0 heterocycles. The Hall–Kier alpha value is -2.09. The fraction of sp³-hybridized carbons (Fsp3) is 0.316. The summed E-state index contributed by atoms with van der Waals surface area (Å²) < 4.78 is 0. The van der Waals surface area contributed by atoms with Crippen LogP contribution in [0.3, 0.4) is 0 Å². The van der Waals surface area contributed by atoms with Crippen molar-refractivity contribution in [2.75, 3.05) is 11.4 Å². The summed E-state index contributed by atoms with van der Waals surface area (Å²) in [7, 11) is 0. The highest BCUT2D eigenvalue weighted by Gasteiger charge is 2.16. The minimum Gasteiger partial charge on any atom is -0.308 e. The molecule has 0 aliphatic carbocycles. The first-order valence-electron chi connectivity index (χ1n) is 7.66. The van der Waals surface area contributed by atoms with Crippen LogP contribution in [0.2, 0.25) is 0 Å². The second-order valence-electron chi connectivity index (χ2n) is 5.14. The number of amides is 1. The third kappa shape index (κ3) is 4.45. The van der Waals surface area contributed by atoms with Crippen LogP contribution in [0.15, 0.2) is 54.6 Å². The first-order chi connectivity index (χ1) is 10.3. The molecule has 1 radical (unpaired) electrons. The molecule has 1 amide bonds. The maximum absolute atomic E-state index is 12.7. The molecule has 0 saturated heterocycles. The van der Waals surface area contributed by atoms with Crippen molar-refractivity contribution in [2.45, 2.75) is 32.6 Å². The van der Waals surface area contributed by atoms with E-state index in [-0.39, 0.29) is 5.91 Å². The van der Waals surface area contributed by atoms with Crippen LogP contribution >= 0.6 is 0 Å². The molecule has 21 heavy (non-hydrogen) atoms. The van der Waals surface area contributed by atoms with E-state index in [1.54, 1.807) is 0 Å². The molecule has 2 aromatic carbocycles. The van der Waals surface area contributed by atoms with Gasteiger partial charge in [0.15, 0.2) is 0 Å². The molecule has 2 rings (SSSR count). The van der Waals surface area contributed by atoms with Crippen molar-refractivity contribution in [3.8, 4) is 0 Å². The Balaban J connectivity index is 2.14. The Kier molecular flexibility index (Phi) is 6.01. The molecule has 2 aromatic rings. The number of hydrogen-bond donors (Lipinski definition) is 0. The van der Waals surface area contributed by atoms with Crippen LogP contribution in [-0.4, -0.2) is 12.5 Å². The van der Waals surface area contributed by atoms with Crippen LogP contribution in [0.5, 0.6) is 0 Å². The Morgan fingerprint density at radius 2 is 1.71 bits per heavy atom. The minimum atomic E-state index is 0.0679. The van der Waals surface area contributed by atoms with Crippen LogP contribution in [0, 0.1) is 6.07 Å². The van der Waals surface area contributed by atoms with Crippen molar-refractivity contribution in [1.82, 2.24) is 0 Å². The van der Waals surface area contributed by atoms with Crippen LogP contribution in [0.1, 0.15) is 43.0 Å². The monoisotopic (exact) mass is 280 g/mol. The molecule has 0 unspecified atom stereocenters. The van der Waals surface area contributed by atoms with E-state index < -0.39 is 0 Å². The molecule has 0 saturated carbocycles. The third-order valence-corrected chi connectivity index (χ3v) is 3.51. The molecular formula is C19H22NO. The van der Waals surface area contributed by atoms with E-state index in [1.807, 2.05) is 59.5 Å². The van der Waals surface area contributed by atoms with Gasteiger partial charge in [0.25, 0.3) is 5.91 Å². The number of unbranched alkanes of at least 4 members (excludes halogenated alkanes) is 3. The van der Waals surface area contributed by atoms with Gasteiger partial charge in [-0.05, 0) is 36.8 Å². The Morgan fingerprint density at radius 3 is 2.38 bits per heavy atom. The SMILES string of the molecule is CCCCCCN(C(=O)c1ccccc1)c1cc[c]cc1. The molecule has 0 N–H and O–H groups in total. The number of carbonyl (C=O) groups excluding carboxylic acids is 1. The molecule has 0 bridgehead atoms. The van der Waals surface area contributed by atoms with E-state index in [1.165, 1.54) is 12.8 Å². The van der Waals surface area contributed by atoms with Crippen LogP contribution in [0.25, 0.3) is 0 Å². The maximum Gasteiger partial charge on any atom is 0.258 e. The summed E-state index contributed by atoms with van der Waals surface area (Å²) in [6.07, 6.45) is 4.61. The highest BCUT2D eigenvalue weighted by molar-refractivity contribution is 6.06. The topological polar surface area (TPSA) is 20.3 Å². The Morgan fingerprint density at radius 1 is 1.00 bits per heavy atom. The lowest BCUT2D eigenvalue weighted by Crippen LogP contribution is -2.31. The summed E-state index contributed by atoms with van der Waals surface area (Å²) in [5, 5.41) is 0. The van der Waals surface area contributed by atoms with Crippen molar-refractivity contribution >= 4 is 11.6 Å². The molecule has 0 atom stereocenters. The second kappa shape index (κ2) is 8.25. The van der Waals surface area contributed by atoms with Gasteiger partial charge < -0.3 is 4.90 Å². The predicted octanol–water partition coefficient (Wildman–Crippen LogP) is 4.71. The van der Waals surface area contributed by atoms with Gasteiger partial charge in [-0.15, -0.1) is 0 Å². The largest absolute Gasteiger partial charge is 0.308 e.